The molecule has 1 amide bonds. The summed E-state index contributed by atoms with van der Waals surface area (Å²) in [6.07, 6.45) is -1.61. The Labute approximate surface area is 147 Å². The number of pyridine rings is 1. The van der Waals surface area contributed by atoms with Crippen LogP contribution in [0.15, 0.2) is 12.3 Å². The lowest BCUT2D eigenvalue weighted by Crippen LogP contribution is -2.33. The fourth-order valence-corrected chi connectivity index (χ4v) is 3.14. The molecule has 0 bridgehead atoms. The molecule has 1 aliphatic rings. The van der Waals surface area contributed by atoms with Crippen molar-refractivity contribution in [1.82, 2.24) is 14.7 Å². The first-order valence-electron chi connectivity index (χ1n) is 7.98. The fourth-order valence-electron chi connectivity index (χ4n) is 2.89. The molecule has 1 saturated heterocycles. The second-order valence-electron chi connectivity index (χ2n) is 5.87. The summed E-state index contributed by atoms with van der Waals surface area (Å²) < 4.78 is 45.7. The standard InChI is InChI=1S/C16H17ClF3N3O2/c1-2-12-13(15(24)21-7-10-4-3-5-25-10)23-8-9(16(18,19)20)6-11(17)14(23)22-12/h6,8,10H,2-5,7H2,1H3,(H,21,24). The smallest absolute Gasteiger partial charge is 0.376 e. The van der Waals surface area contributed by atoms with Crippen LogP contribution < -0.4 is 5.32 Å². The molecule has 0 radical (unpaired) electrons. The predicted molar refractivity (Wildman–Crippen MR) is 85.9 cm³/mol. The minimum atomic E-state index is -4.57. The Balaban J connectivity index is 1.99. The van der Waals surface area contributed by atoms with Crippen molar-refractivity contribution < 1.29 is 22.7 Å². The Hall–Kier alpha value is -1.80. The number of rotatable bonds is 4. The lowest BCUT2D eigenvalue weighted by molar-refractivity contribution is -0.137. The number of carbonyl (C=O) groups is 1. The Bertz CT molecular complexity index is 798. The first-order chi connectivity index (χ1) is 11.8. The van der Waals surface area contributed by atoms with Gasteiger partial charge in [0.25, 0.3) is 5.91 Å². The summed E-state index contributed by atoms with van der Waals surface area (Å²) in [5.41, 5.74) is -0.332. The van der Waals surface area contributed by atoms with Crippen LogP contribution >= 0.6 is 11.6 Å². The number of aromatic nitrogens is 2. The maximum absolute atomic E-state index is 13.1. The van der Waals surface area contributed by atoms with Crippen LogP contribution in [0.25, 0.3) is 5.65 Å². The second-order valence-corrected chi connectivity index (χ2v) is 6.28. The number of alkyl halides is 3. The van der Waals surface area contributed by atoms with Crippen LogP contribution in [0, 0.1) is 0 Å². The lowest BCUT2D eigenvalue weighted by Gasteiger charge is -2.12. The number of fused-ring (bicyclic) bond motifs is 1. The van der Waals surface area contributed by atoms with Crippen LogP contribution in [-0.4, -0.2) is 34.5 Å². The predicted octanol–water partition coefficient (Wildman–Crippen LogP) is 3.48. The number of hydrogen-bond acceptors (Lipinski definition) is 3. The van der Waals surface area contributed by atoms with Crippen molar-refractivity contribution >= 4 is 23.2 Å². The van der Waals surface area contributed by atoms with Crippen molar-refractivity contribution in [3.8, 4) is 0 Å². The SMILES string of the molecule is CCc1nc2c(Cl)cc(C(F)(F)F)cn2c1C(=O)NCC1CCCO1. The van der Waals surface area contributed by atoms with Gasteiger partial charge in [0.15, 0.2) is 5.65 Å². The van der Waals surface area contributed by atoms with Gasteiger partial charge in [0.1, 0.15) is 5.69 Å². The molecule has 1 atom stereocenters. The number of nitrogens with zero attached hydrogens (tertiary/aromatic N) is 2. The van der Waals surface area contributed by atoms with E-state index in [0.29, 0.717) is 25.3 Å². The van der Waals surface area contributed by atoms with Crippen LogP contribution in [0.3, 0.4) is 0 Å². The molecule has 136 valence electrons. The van der Waals surface area contributed by atoms with E-state index in [9.17, 15) is 18.0 Å². The Morgan fingerprint density at radius 3 is 2.88 bits per heavy atom. The van der Waals surface area contributed by atoms with Gasteiger partial charge in [0, 0.05) is 19.3 Å². The summed E-state index contributed by atoms with van der Waals surface area (Å²) in [6.45, 7) is 2.74. The molecule has 5 nitrogen and oxygen atoms in total. The molecule has 0 spiro atoms. The maximum atomic E-state index is 13.1. The average Bonchev–Trinajstić information content (AvgIpc) is 3.18. The monoisotopic (exact) mass is 375 g/mol. The first kappa shape index (κ1) is 18.0. The van der Waals surface area contributed by atoms with E-state index in [1.807, 2.05) is 0 Å². The van der Waals surface area contributed by atoms with E-state index in [1.165, 1.54) is 0 Å². The number of ether oxygens (including phenoxy) is 1. The number of halogens is 4. The van der Waals surface area contributed by atoms with E-state index < -0.39 is 17.6 Å². The molecule has 0 saturated carbocycles. The van der Waals surface area contributed by atoms with Gasteiger partial charge in [0.2, 0.25) is 0 Å². The quantitative estimate of drug-likeness (QED) is 0.890. The van der Waals surface area contributed by atoms with E-state index in [-0.39, 0.29) is 22.5 Å². The molecular weight excluding hydrogens is 359 g/mol. The number of nitrogens with one attached hydrogen (secondary N) is 1. The highest BCUT2D eigenvalue weighted by molar-refractivity contribution is 6.33. The highest BCUT2D eigenvalue weighted by Crippen LogP contribution is 2.33. The largest absolute Gasteiger partial charge is 0.417 e. The van der Waals surface area contributed by atoms with Crippen LogP contribution in [-0.2, 0) is 17.3 Å². The summed E-state index contributed by atoms with van der Waals surface area (Å²) in [6, 6.07) is 0.817. The highest BCUT2D eigenvalue weighted by atomic mass is 35.5. The molecule has 1 aliphatic heterocycles. The molecule has 0 aliphatic carbocycles. The minimum Gasteiger partial charge on any atom is -0.376 e. The van der Waals surface area contributed by atoms with Crippen molar-refractivity contribution in [1.29, 1.82) is 0 Å². The third kappa shape index (κ3) is 3.59. The van der Waals surface area contributed by atoms with Gasteiger partial charge >= 0.3 is 6.18 Å². The second kappa shape index (κ2) is 6.84. The number of imidazole rings is 1. The molecular formula is C16H17ClF3N3O2. The Morgan fingerprint density at radius 1 is 1.52 bits per heavy atom. The molecule has 0 aromatic carbocycles. The highest BCUT2D eigenvalue weighted by Gasteiger charge is 2.33. The molecule has 25 heavy (non-hydrogen) atoms. The molecule has 3 heterocycles. The summed E-state index contributed by atoms with van der Waals surface area (Å²) >= 11 is 5.96. The van der Waals surface area contributed by atoms with Crippen LogP contribution in [0.2, 0.25) is 5.02 Å². The zero-order valence-electron chi connectivity index (χ0n) is 13.5. The van der Waals surface area contributed by atoms with Crippen LogP contribution in [0.1, 0.15) is 41.5 Å². The van der Waals surface area contributed by atoms with Gasteiger partial charge in [-0.2, -0.15) is 13.2 Å². The molecule has 1 fully saturated rings. The van der Waals surface area contributed by atoms with Crippen molar-refractivity contribution in [2.75, 3.05) is 13.2 Å². The van der Waals surface area contributed by atoms with E-state index in [4.69, 9.17) is 16.3 Å². The zero-order valence-corrected chi connectivity index (χ0v) is 14.2. The summed E-state index contributed by atoms with van der Waals surface area (Å²) in [5.74, 6) is -0.491. The Kier molecular flexibility index (Phi) is 4.92. The van der Waals surface area contributed by atoms with Crippen molar-refractivity contribution in [2.45, 2.75) is 38.5 Å². The lowest BCUT2D eigenvalue weighted by atomic mass is 10.2. The van der Waals surface area contributed by atoms with Gasteiger partial charge in [-0.1, -0.05) is 18.5 Å². The van der Waals surface area contributed by atoms with Gasteiger partial charge in [0.05, 0.1) is 22.4 Å². The van der Waals surface area contributed by atoms with Crippen LogP contribution in [0.4, 0.5) is 13.2 Å². The average molecular weight is 376 g/mol. The molecule has 1 unspecified atom stereocenters. The summed E-state index contributed by atoms with van der Waals surface area (Å²) in [4.78, 5) is 16.8. The molecule has 3 rings (SSSR count). The third-order valence-corrected chi connectivity index (χ3v) is 4.42. The summed E-state index contributed by atoms with van der Waals surface area (Å²) in [5, 5.41) is 2.57. The number of aryl methyl sites for hydroxylation is 1. The maximum Gasteiger partial charge on any atom is 0.417 e. The minimum absolute atomic E-state index is 0.0671. The number of amides is 1. The van der Waals surface area contributed by atoms with Crippen LogP contribution in [0.5, 0.6) is 0 Å². The van der Waals surface area contributed by atoms with E-state index in [2.05, 4.69) is 10.3 Å². The van der Waals surface area contributed by atoms with Crippen molar-refractivity contribution in [3.05, 3.63) is 34.2 Å². The number of hydrogen-bond donors (Lipinski definition) is 1. The first-order valence-corrected chi connectivity index (χ1v) is 8.36. The van der Waals surface area contributed by atoms with E-state index >= 15 is 0 Å². The number of carbonyl (C=O) groups excluding carboxylic acids is 1. The van der Waals surface area contributed by atoms with Gasteiger partial charge in [-0.3, -0.25) is 9.20 Å². The van der Waals surface area contributed by atoms with Crippen molar-refractivity contribution in [3.63, 3.8) is 0 Å². The molecule has 2 aromatic heterocycles. The molecule has 2 aromatic rings. The fraction of sp³-hybridized carbons (Fsp3) is 0.500. The zero-order chi connectivity index (χ0) is 18.2. The van der Waals surface area contributed by atoms with Gasteiger partial charge in [-0.15, -0.1) is 0 Å². The third-order valence-electron chi connectivity index (χ3n) is 4.14. The molecule has 9 heteroatoms. The normalized spacial score (nSPS) is 18.0. The van der Waals surface area contributed by atoms with Gasteiger partial charge < -0.3 is 10.1 Å². The van der Waals surface area contributed by atoms with Gasteiger partial charge in [-0.05, 0) is 25.3 Å². The van der Waals surface area contributed by atoms with E-state index in [0.717, 1.165) is 29.5 Å². The topological polar surface area (TPSA) is 55.6 Å². The van der Waals surface area contributed by atoms with E-state index in [1.54, 1.807) is 6.92 Å². The molecule has 1 N–H and O–H groups in total. The van der Waals surface area contributed by atoms with Crippen molar-refractivity contribution in [2.24, 2.45) is 0 Å². The summed E-state index contributed by atoms with van der Waals surface area (Å²) in [7, 11) is 0. The Morgan fingerprint density at radius 2 is 2.28 bits per heavy atom. The van der Waals surface area contributed by atoms with Gasteiger partial charge in [-0.25, -0.2) is 4.98 Å².